The Hall–Kier alpha value is -2.95. The van der Waals surface area contributed by atoms with Crippen molar-refractivity contribution >= 4 is 22.5 Å². The molecule has 3 aromatic rings. The van der Waals surface area contributed by atoms with Gasteiger partial charge in [-0.25, -0.2) is 0 Å². The molecule has 30 heavy (non-hydrogen) atoms. The number of Topliss-reactive ketones (excluding diaryl/α,β-unsaturated/α-hetero) is 1. The second-order valence-corrected chi connectivity index (χ2v) is 8.62. The minimum absolute atomic E-state index is 0.0316. The number of carbonyl (C=O) groups excluding carboxylic acids is 2. The highest BCUT2D eigenvalue weighted by Gasteiger charge is 2.33. The monoisotopic (exact) mass is 401 g/mol. The van der Waals surface area contributed by atoms with Crippen LogP contribution in [0.15, 0.2) is 42.5 Å². The largest absolute Gasteiger partial charge is 0.337 e. The predicted molar refractivity (Wildman–Crippen MR) is 117 cm³/mol. The minimum Gasteiger partial charge on any atom is -0.337 e. The first-order chi connectivity index (χ1) is 14.6. The molecule has 5 nitrogen and oxygen atoms in total. The van der Waals surface area contributed by atoms with Crippen LogP contribution in [-0.4, -0.2) is 39.5 Å². The summed E-state index contributed by atoms with van der Waals surface area (Å²) in [5.74, 6) is 0.0300. The Labute approximate surface area is 176 Å². The lowest BCUT2D eigenvalue weighted by atomic mass is 9.88. The molecule has 0 saturated carbocycles. The van der Waals surface area contributed by atoms with Crippen molar-refractivity contribution in [3.8, 4) is 0 Å². The van der Waals surface area contributed by atoms with Crippen LogP contribution in [0.5, 0.6) is 0 Å². The molecule has 1 aromatic heterocycles. The fourth-order valence-corrected chi connectivity index (χ4v) is 5.05. The highest BCUT2D eigenvalue weighted by Crippen LogP contribution is 2.28. The van der Waals surface area contributed by atoms with E-state index in [1.165, 1.54) is 0 Å². The third kappa shape index (κ3) is 3.32. The Morgan fingerprint density at radius 3 is 2.67 bits per heavy atom. The van der Waals surface area contributed by atoms with E-state index in [9.17, 15) is 9.59 Å². The molecule has 1 saturated heterocycles. The lowest BCUT2D eigenvalue weighted by Gasteiger charge is -2.32. The van der Waals surface area contributed by atoms with Crippen LogP contribution in [0.4, 0.5) is 0 Å². The van der Waals surface area contributed by atoms with Gasteiger partial charge in [-0.1, -0.05) is 36.4 Å². The fourth-order valence-electron chi connectivity index (χ4n) is 5.05. The van der Waals surface area contributed by atoms with Crippen LogP contribution in [0, 0.1) is 5.92 Å². The van der Waals surface area contributed by atoms with Crippen molar-refractivity contribution in [2.45, 2.75) is 38.5 Å². The van der Waals surface area contributed by atoms with Gasteiger partial charge in [-0.2, -0.15) is 5.10 Å². The smallest absolute Gasteiger partial charge is 0.272 e. The lowest BCUT2D eigenvalue weighted by Crippen LogP contribution is -2.43. The molecular weight excluding hydrogens is 374 g/mol. The molecule has 2 aromatic carbocycles. The summed E-state index contributed by atoms with van der Waals surface area (Å²) < 4.78 is 1.76. The average molecular weight is 402 g/mol. The number of fused-ring (bicyclic) bond motifs is 2. The van der Waals surface area contributed by atoms with Gasteiger partial charge in [0.05, 0.1) is 5.69 Å². The molecule has 0 N–H and O–H groups in total. The first-order valence-electron chi connectivity index (χ1n) is 11.0. The molecule has 0 bridgehead atoms. The normalized spacial score (nSPS) is 19.0. The maximum Gasteiger partial charge on any atom is 0.272 e. The summed E-state index contributed by atoms with van der Waals surface area (Å²) in [5, 5.41) is 6.81. The summed E-state index contributed by atoms with van der Waals surface area (Å²) >= 11 is 0. The van der Waals surface area contributed by atoms with Gasteiger partial charge in [0.15, 0.2) is 5.78 Å². The minimum atomic E-state index is -0.145. The number of nitrogens with zero attached hydrogens (tertiary/aromatic N) is 3. The van der Waals surface area contributed by atoms with Gasteiger partial charge in [0, 0.05) is 37.2 Å². The lowest BCUT2D eigenvalue weighted by molar-refractivity contribution is 0.0627. The van der Waals surface area contributed by atoms with Gasteiger partial charge >= 0.3 is 0 Å². The number of aromatic nitrogens is 2. The van der Waals surface area contributed by atoms with Crippen molar-refractivity contribution in [3.05, 3.63) is 65.0 Å². The van der Waals surface area contributed by atoms with Crippen LogP contribution in [-0.2, 0) is 19.9 Å². The number of hydrogen-bond acceptors (Lipinski definition) is 3. The number of hydrogen-bond donors (Lipinski definition) is 0. The SMILES string of the molecule is Cn1nc2c(c1C(=O)N1CCC[C@@H](C(=O)c3ccc4ccccc4c3)C1)CCCC2. The van der Waals surface area contributed by atoms with E-state index in [-0.39, 0.29) is 17.6 Å². The van der Waals surface area contributed by atoms with Crippen LogP contribution in [0.25, 0.3) is 10.8 Å². The Balaban J connectivity index is 1.37. The van der Waals surface area contributed by atoms with E-state index in [1.54, 1.807) is 4.68 Å². The van der Waals surface area contributed by atoms with Gasteiger partial charge in [-0.3, -0.25) is 14.3 Å². The second-order valence-electron chi connectivity index (χ2n) is 8.62. The van der Waals surface area contributed by atoms with Gasteiger partial charge in [-0.15, -0.1) is 0 Å². The maximum atomic E-state index is 13.4. The van der Waals surface area contributed by atoms with E-state index in [0.29, 0.717) is 13.1 Å². The molecule has 1 fully saturated rings. The Bertz CT molecular complexity index is 1130. The Morgan fingerprint density at radius 1 is 1.00 bits per heavy atom. The van der Waals surface area contributed by atoms with Crippen molar-refractivity contribution in [2.24, 2.45) is 13.0 Å². The number of likely N-dealkylation sites (tertiary alicyclic amines) is 1. The number of piperidine rings is 1. The van der Waals surface area contributed by atoms with E-state index < -0.39 is 0 Å². The maximum absolute atomic E-state index is 13.4. The van der Waals surface area contributed by atoms with Crippen molar-refractivity contribution in [3.63, 3.8) is 0 Å². The number of carbonyl (C=O) groups is 2. The van der Waals surface area contributed by atoms with E-state index in [0.717, 1.165) is 71.8 Å². The summed E-state index contributed by atoms with van der Waals surface area (Å²) in [6.45, 7) is 1.20. The Morgan fingerprint density at radius 2 is 1.80 bits per heavy atom. The van der Waals surface area contributed by atoms with E-state index in [2.05, 4.69) is 11.2 Å². The van der Waals surface area contributed by atoms with Crippen molar-refractivity contribution in [1.82, 2.24) is 14.7 Å². The molecule has 5 rings (SSSR count). The molecule has 0 unspecified atom stereocenters. The number of amides is 1. The summed E-state index contributed by atoms with van der Waals surface area (Å²) in [6.07, 6.45) is 5.83. The van der Waals surface area contributed by atoms with Gasteiger partial charge in [-0.05, 0) is 55.4 Å². The number of benzene rings is 2. The summed E-state index contributed by atoms with van der Waals surface area (Å²) in [5.41, 5.74) is 3.67. The molecule has 0 radical (unpaired) electrons. The van der Waals surface area contributed by atoms with Crippen LogP contribution in [0.2, 0.25) is 0 Å². The summed E-state index contributed by atoms with van der Waals surface area (Å²) in [7, 11) is 1.87. The van der Waals surface area contributed by atoms with E-state index in [4.69, 9.17) is 0 Å². The van der Waals surface area contributed by atoms with Gasteiger partial charge in [0.2, 0.25) is 0 Å². The van der Waals surface area contributed by atoms with Crippen LogP contribution in [0.3, 0.4) is 0 Å². The third-order valence-electron chi connectivity index (χ3n) is 6.63. The average Bonchev–Trinajstić information content (AvgIpc) is 3.13. The summed E-state index contributed by atoms with van der Waals surface area (Å²) in [6, 6.07) is 14.0. The van der Waals surface area contributed by atoms with Gasteiger partial charge in [0.25, 0.3) is 5.91 Å². The van der Waals surface area contributed by atoms with Gasteiger partial charge in [0.1, 0.15) is 5.69 Å². The first kappa shape index (κ1) is 19.0. The molecule has 0 spiro atoms. The molecule has 2 aliphatic rings. The first-order valence-corrected chi connectivity index (χ1v) is 11.0. The zero-order valence-electron chi connectivity index (χ0n) is 17.4. The molecular formula is C25H27N3O2. The number of ketones is 1. The molecule has 1 aliphatic carbocycles. The Kier molecular flexibility index (Phi) is 4.89. The molecule has 5 heteroatoms. The topological polar surface area (TPSA) is 55.2 Å². The third-order valence-corrected chi connectivity index (χ3v) is 6.63. The van der Waals surface area contributed by atoms with Gasteiger partial charge < -0.3 is 4.90 Å². The molecule has 1 aliphatic heterocycles. The van der Waals surface area contributed by atoms with Crippen LogP contribution in [0.1, 0.15) is 57.8 Å². The van der Waals surface area contributed by atoms with Crippen LogP contribution < -0.4 is 0 Å². The van der Waals surface area contributed by atoms with Crippen LogP contribution >= 0.6 is 0 Å². The standard InChI is InChI=1S/C25H27N3O2/c1-27-23(21-10-4-5-11-22(21)26-27)25(30)28-14-6-9-20(16-28)24(29)19-13-12-17-7-2-3-8-18(17)15-19/h2-3,7-8,12-13,15,20H,4-6,9-11,14,16H2,1H3/t20-/m1/s1. The predicted octanol–water partition coefficient (Wildman–Crippen LogP) is 4.19. The zero-order valence-corrected chi connectivity index (χ0v) is 17.4. The second kappa shape index (κ2) is 7.71. The number of rotatable bonds is 3. The van der Waals surface area contributed by atoms with E-state index in [1.807, 2.05) is 48.3 Å². The molecule has 1 atom stereocenters. The fraction of sp³-hybridized carbons (Fsp3) is 0.400. The quantitative estimate of drug-likeness (QED) is 0.619. The highest BCUT2D eigenvalue weighted by atomic mass is 16.2. The molecule has 2 heterocycles. The van der Waals surface area contributed by atoms with Crippen molar-refractivity contribution in [1.29, 1.82) is 0 Å². The van der Waals surface area contributed by atoms with Crippen molar-refractivity contribution < 1.29 is 9.59 Å². The zero-order chi connectivity index (χ0) is 20.7. The molecule has 1 amide bonds. The highest BCUT2D eigenvalue weighted by molar-refractivity contribution is 6.02. The van der Waals surface area contributed by atoms with E-state index >= 15 is 0 Å². The molecule has 154 valence electrons. The van der Waals surface area contributed by atoms with Crippen molar-refractivity contribution in [2.75, 3.05) is 13.1 Å². The summed E-state index contributed by atoms with van der Waals surface area (Å²) in [4.78, 5) is 28.5. The number of aryl methyl sites for hydroxylation is 2.